The summed E-state index contributed by atoms with van der Waals surface area (Å²) in [5.74, 6) is -0.282. The molecule has 0 aliphatic heterocycles. The lowest BCUT2D eigenvalue weighted by Crippen LogP contribution is -1.76. The van der Waals surface area contributed by atoms with Crippen LogP contribution in [0.4, 0.5) is 4.39 Å². The van der Waals surface area contributed by atoms with Crippen molar-refractivity contribution in [2.24, 2.45) is 0 Å². The van der Waals surface area contributed by atoms with Gasteiger partial charge >= 0.3 is 0 Å². The molecular formula is C10H7ClFNOS2. The zero-order valence-electron chi connectivity index (χ0n) is 7.98. The summed E-state index contributed by atoms with van der Waals surface area (Å²) in [5, 5.41) is 9.27. The standard InChI is InChI=1S/C10H7ClFNOS2/c11-9-8(5-14)16-10(13-9)15-7-3-1-2-6(12)4-7/h1-4,14H,5H2. The summed E-state index contributed by atoms with van der Waals surface area (Å²) in [6, 6.07) is 6.25. The molecule has 0 saturated carbocycles. The van der Waals surface area contributed by atoms with E-state index in [1.165, 1.54) is 35.2 Å². The molecule has 0 saturated heterocycles. The summed E-state index contributed by atoms with van der Waals surface area (Å²) in [5.41, 5.74) is 0. The number of nitrogens with zero attached hydrogens (tertiary/aromatic N) is 1. The third kappa shape index (κ3) is 2.74. The van der Waals surface area contributed by atoms with Crippen molar-refractivity contribution in [3.05, 3.63) is 40.1 Å². The lowest BCUT2D eigenvalue weighted by atomic mass is 10.4. The van der Waals surface area contributed by atoms with Crippen LogP contribution in [0.15, 0.2) is 33.5 Å². The maximum absolute atomic E-state index is 12.9. The van der Waals surface area contributed by atoms with Crippen molar-refractivity contribution in [2.75, 3.05) is 0 Å². The van der Waals surface area contributed by atoms with Crippen LogP contribution < -0.4 is 0 Å². The third-order valence-electron chi connectivity index (χ3n) is 1.77. The van der Waals surface area contributed by atoms with Gasteiger partial charge < -0.3 is 5.11 Å². The zero-order valence-corrected chi connectivity index (χ0v) is 10.4. The molecule has 2 nitrogen and oxygen atoms in total. The van der Waals surface area contributed by atoms with E-state index in [1.807, 2.05) is 0 Å². The minimum Gasteiger partial charge on any atom is -0.391 e. The highest BCUT2D eigenvalue weighted by atomic mass is 35.5. The van der Waals surface area contributed by atoms with Crippen LogP contribution in [0, 0.1) is 5.82 Å². The molecule has 1 aromatic heterocycles. The fourth-order valence-electron chi connectivity index (χ4n) is 1.09. The van der Waals surface area contributed by atoms with E-state index < -0.39 is 0 Å². The number of rotatable bonds is 3. The SMILES string of the molecule is OCc1sc(Sc2cccc(F)c2)nc1Cl. The van der Waals surface area contributed by atoms with E-state index in [0.717, 1.165) is 4.90 Å². The number of aromatic nitrogens is 1. The number of aliphatic hydroxyl groups excluding tert-OH is 1. The number of hydrogen-bond donors (Lipinski definition) is 1. The molecule has 0 aliphatic rings. The first-order chi connectivity index (χ1) is 7.69. The van der Waals surface area contributed by atoms with Gasteiger partial charge in [0.05, 0.1) is 11.5 Å². The molecule has 1 N–H and O–H groups in total. The van der Waals surface area contributed by atoms with Crippen LogP contribution in [0.1, 0.15) is 4.88 Å². The molecule has 0 fully saturated rings. The van der Waals surface area contributed by atoms with E-state index in [-0.39, 0.29) is 12.4 Å². The van der Waals surface area contributed by atoms with E-state index >= 15 is 0 Å². The maximum atomic E-state index is 12.9. The van der Waals surface area contributed by atoms with E-state index in [0.29, 0.717) is 14.4 Å². The molecule has 16 heavy (non-hydrogen) atoms. The molecule has 6 heteroatoms. The minimum atomic E-state index is -0.282. The van der Waals surface area contributed by atoms with Crippen molar-refractivity contribution in [3.8, 4) is 0 Å². The fourth-order valence-corrected chi connectivity index (χ4v) is 3.40. The van der Waals surface area contributed by atoms with E-state index in [2.05, 4.69) is 4.98 Å². The van der Waals surface area contributed by atoms with Gasteiger partial charge in [0.25, 0.3) is 0 Å². The van der Waals surface area contributed by atoms with Gasteiger partial charge in [-0.25, -0.2) is 9.37 Å². The Labute approximate surface area is 105 Å². The maximum Gasteiger partial charge on any atom is 0.156 e. The van der Waals surface area contributed by atoms with E-state index in [9.17, 15) is 4.39 Å². The van der Waals surface area contributed by atoms with Crippen LogP contribution in [0.25, 0.3) is 0 Å². The van der Waals surface area contributed by atoms with Gasteiger partial charge in [-0.05, 0) is 18.2 Å². The predicted octanol–water partition coefficient (Wildman–Crippen LogP) is 3.58. The second-order valence-corrected chi connectivity index (χ2v) is 5.67. The Kier molecular flexibility index (Phi) is 3.81. The van der Waals surface area contributed by atoms with Crippen LogP contribution in [0.2, 0.25) is 5.15 Å². The Morgan fingerprint density at radius 1 is 1.50 bits per heavy atom. The molecule has 0 aliphatic carbocycles. The second-order valence-electron chi connectivity index (χ2n) is 2.91. The molecule has 0 atom stereocenters. The Bertz CT molecular complexity index is 503. The van der Waals surface area contributed by atoms with Crippen LogP contribution in [0.3, 0.4) is 0 Å². The van der Waals surface area contributed by atoms with Gasteiger partial charge in [-0.1, -0.05) is 29.4 Å². The molecule has 2 aromatic rings. The Morgan fingerprint density at radius 3 is 2.94 bits per heavy atom. The van der Waals surface area contributed by atoms with Crippen LogP contribution in [-0.2, 0) is 6.61 Å². The summed E-state index contributed by atoms with van der Waals surface area (Å²) < 4.78 is 13.6. The van der Waals surface area contributed by atoms with Crippen molar-refractivity contribution in [1.29, 1.82) is 0 Å². The highest BCUT2D eigenvalue weighted by Gasteiger charge is 2.09. The Morgan fingerprint density at radius 2 is 2.31 bits per heavy atom. The van der Waals surface area contributed by atoms with E-state index in [4.69, 9.17) is 16.7 Å². The lowest BCUT2D eigenvalue weighted by Gasteiger charge is -1.96. The topological polar surface area (TPSA) is 33.1 Å². The number of halogens is 2. The van der Waals surface area contributed by atoms with Crippen molar-refractivity contribution < 1.29 is 9.50 Å². The van der Waals surface area contributed by atoms with Crippen molar-refractivity contribution in [3.63, 3.8) is 0 Å². The molecule has 2 rings (SSSR count). The summed E-state index contributed by atoms with van der Waals surface area (Å²) in [4.78, 5) is 5.46. The van der Waals surface area contributed by atoms with Crippen LogP contribution >= 0.6 is 34.7 Å². The predicted molar refractivity (Wildman–Crippen MR) is 63.6 cm³/mol. The molecule has 0 unspecified atom stereocenters. The van der Waals surface area contributed by atoms with Crippen LogP contribution in [-0.4, -0.2) is 10.1 Å². The van der Waals surface area contributed by atoms with Crippen molar-refractivity contribution in [1.82, 2.24) is 4.98 Å². The molecule has 0 radical (unpaired) electrons. The molecule has 1 heterocycles. The molecule has 84 valence electrons. The highest BCUT2D eigenvalue weighted by molar-refractivity contribution is 8.01. The van der Waals surface area contributed by atoms with Gasteiger partial charge in [0, 0.05) is 4.90 Å². The summed E-state index contributed by atoms with van der Waals surface area (Å²) in [6.07, 6.45) is 0. The fraction of sp³-hybridized carbons (Fsp3) is 0.100. The second kappa shape index (κ2) is 5.14. The van der Waals surface area contributed by atoms with Gasteiger partial charge in [-0.15, -0.1) is 11.3 Å². The first-order valence-electron chi connectivity index (χ1n) is 4.38. The number of aliphatic hydroxyl groups is 1. The van der Waals surface area contributed by atoms with Gasteiger partial charge in [-0.3, -0.25) is 0 Å². The van der Waals surface area contributed by atoms with Crippen molar-refractivity contribution in [2.45, 2.75) is 15.8 Å². The van der Waals surface area contributed by atoms with Crippen LogP contribution in [0.5, 0.6) is 0 Å². The number of hydrogen-bond acceptors (Lipinski definition) is 4. The van der Waals surface area contributed by atoms with Gasteiger partial charge in [0.2, 0.25) is 0 Å². The summed E-state index contributed by atoms with van der Waals surface area (Å²) in [7, 11) is 0. The number of thiazole rings is 1. The zero-order chi connectivity index (χ0) is 11.5. The first kappa shape index (κ1) is 11.9. The summed E-state index contributed by atoms with van der Waals surface area (Å²) in [6.45, 7) is -0.125. The molecule has 0 bridgehead atoms. The Hall–Kier alpha value is -0.620. The van der Waals surface area contributed by atoms with E-state index in [1.54, 1.807) is 12.1 Å². The van der Waals surface area contributed by atoms with Crippen molar-refractivity contribution >= 4 is 34.7 Å². The largest absolute Gasteiger partial charge is 0.391 e. The first-order valence-corrected chi connectivity index (χ1v) is 6.39. The highest BCUT2D eigenvalue weighted by Crippen LogP contribution is 2.34. The molecule has 1 aromatic carbocycles. The molecule has 0 amide bonds. The summed E-state index contributed by atoms with van der Waals surface area (Å²) >= 11 is 8.43. The molecular weight excluding hydrogens is 269 g/mol. The average Bonchev–Trinajstić information content (AvgIpc) is 2.58. The molecule has 0 spiro atoms. The Balaban J connectivity index is 2.20. The lowest BCUT2D eigenvalue weighted by molar-refractivity contribution is 0.285. The average molecular weight is 276 g/mol. The minimum absolute atomic E-state index is 0.125. The monoisotopic (exact) mass is 275 g/mol. The van der Waals surface area contributed by atoms with Gasteiger partial charge in [0.1, 0.15) is 11.0 Å². The quantitative estimate of drug-likeness (QED) is 0.929. The van der Waals surface area contributed by atoms with Gasteiger partial charge in [0.15, 0.2) is 4.34 Å². The smallest absolute Gasteiger partial charge is 0.156 e. The third-order valence-corrected chi connectivity index (χ3v) is 4.29. The number of benzene rings is 1. The van der Waals surface area contributed by atoms with Gasteiger partial charge in [-0.2, -0.15) is 0 Å². The normalized spacial score (nSPS) is 10.7.